The van der Waals surface area contributed by atoms with Gasteiger partial charge in [0, 0.05) is 24.2 Å². The number of nitrogens with zero attached hydrogens (tertiary/aromatic N) is 2. The molecular formula is C22H27N3O5. The predicted octanol–water partition coefficient (Wildman–Crippen LogP) is 2.11. The maximum atomic E-state index is 12.6. The summed E-state index contributed by atoms with van der Waals surface area (Å²) in [5.74, 6) is 3.99. The van der Waals surface area contributed by atoms with Crippen LogP contribution in [0.1, 0.15) is 57.5 Å². The summed E-state index contributed by atoms with van der Waals surface area (Å²) in [5, 5.41) is 13.2. The molecule has 2 N–H and O–H groups in total. The first-order valence-electron chi connectivity index (χ1n) is 9.44. The molecule has 2 heterocycles. The van der Waals surface area contributed by atoms with E-state index in [2.05, 4.69) is 22.1 Å². The third-order valence-corrected chi connectivity index (χ3v) is 3.82. The van der Waals surface area contributed by atoms with E-state index < -0.39 is 40.9 Å². The van der Waals surface area contributed by atoms with Gasteiger partial charge in [0.15, 0.2) is 0 Å². The lowest BCUT2D eigenvalue weighted by atomic mass is 9.97. The molecule has 0 spiro atoms. The Hall–Kier alpha value is -3.34. The van der Waals surface area contributed by atoms with Crippen molar-refractivity contribution < 1.29 is 19.4 Å². The first kappa shape index (κ1) is 22.9. The van der Waals surface area contributed by atoms with Crippen LogP contribution in [0.5, 0.6) is 5.75 Å². The zero-order valence-corrected chi connectivity index (χ0v) is 18.3. The number of hydrogen-bond donors (Lipinski definition) is 2. The Balaban J connectivity index is 2.44. The maximum absolute atomic E-state index is 12.6. The van der Waals surface area contributed by atoms with E-state index in [1.807, 2.05) is 20.8 Å². The second-order valence-electron chi connectivity index (χ2n) is 8.95. The first-order chi connectivity index (χ1) is 13.7. The van der Waals surface area contributed by atoms with Crippen molar-refractivity contribution in [2.45, 2.75) is 47.1 Å². The molecule has 0 atom stereocenters. The smallest absolute Gasteiger partial charge is 0.325 e. The largest absolute Gasteiger partial charge is 0.506 e. The van der Waals surface area contributed by atoms with E-state index >= 15 is 0 Å². The van der Waals surface area contributed by atoms with Crippen molar-refractivity contribution in [2.24, 2.45) is 12.5 Å². The Morgan fingerprint density at radius 2 is 1.87 bits per heavy atom. The van der Waals surface area contributed by atoms with E-state index in [1.165, 1.54) is 17.8 Å². The Bertz CT molecular complexity index is 1120. The fraction of sp³-hybridized carbons (Fsp3) is 0.455. The third kappa shape index (κ3) is 5.60. The number of rotatable bonds is 3. The van der Waals surface area contributed by atoms with E-state index in [1.54, 1.807) is 26.8 Å². The van der Waals surface area contributed by atoms with E-state index in [0.717, 1.165) is 0 Å². The minimum absolute atomic E-state index is 0.209. The third-order valence-electron chi connectivity index (χ3n) is 3.82. The lowest BCUT2D eigenvalue weighted by Crippen LogP contribution is -2.37. The molecule has 8 nitrogen and oxygen atoms in total. The highest BCUT2D eigenvalue weighted by molar-refractivity contribution is 6.02. The molecule has 0 saturated heterocycles. The Kier molecular flexibility index (Phi) is 6.26. The molecule has 160 valence electrons. The molecule has 0 aromatic carbocycles. The summed E-state index contributed by atoms with van der Waals surface area (Å²) in [6, 6.07) is 1.57. The molecule has 2 aromatic rings. The van der Waals surface area contributed by atoms with E-state index in [4.69, 9.17) is 4.74 Å². The number of amides is 1. The minimum atomic E-state index is -0.882. The number of aromatic hydroxyl groups is 1. The second-order valence-corrected chi connectivity index (χ2v) is 8.95. The number of carbonyl (C=O) groups is 2. The fourth-order valence-electron chi connectivity index (χ4n) is 2.55. The summed E-state index contributed by atoms with van der Waals surface area (Å²) in [6.07, 6.45) is 1.50. The van der Waals surface area contributed by atoms with Crippen LogP contribution >= 0.6 is 0 Å². The van der Waals surface area contributed by atoms with Crippen molar-refractivity contribution in [1.29, 1.82) is 0 Å². The predicted molar refractivity (Wildman–Crippen MR) is 113 cm³/mol. The molecule has 2 aromatic heterocycles. The number of aryl methyl sites for hydroxylation is 1. The summed E-state index contributed by atoms with van der Waals surface area (Å²) < 4.78 is 6.29. The molecule has 0 unspecified atom stereocenters. The number of hydrogen-bond acceptors (Lipinski definition) is 6. The van der Waals surface area contributed by atoms with Crippen molar-refractivity contribution in [3.8, 4) is 17.6 Å². The number of fused-ring (bicyclic) bond motifs is 1. The van der Waals surface area contributed by atoms with Crippen molar-refractivity contribution in [2.75, 3.05) is 6.54 Å². The Morgan fingerprint density at radius 3 is 2.43 bits per heavy atom. The number of esters is 1. The van der Waals surface area contributed by atoms with Crippen molar-refractivity contribution in [3.63, 3.8) is 0 Å². The topological polar surface area (TPSA) is 111 Å². The number of nitrogens with one attached hydrogen (secondary N) is 1. The van der Waals surface area contributed by atoms with Gasteiger partial charge < -0.3 is 15.2 Å². The quantitative estimate of drug-likeness (QED) is 0.589. The molecular weight excluding hydrogens is 386 g/mol. The lowest BCUT2D eigenvalue weighted by Gasteiger charge is -2.19. The van der Waals surface area contributed by atoms with Gasteiger partial charge in [-0.15, -0.1) is 0 Å². The summed E-state index contributed by atoms with van der Waals surface area (Å²) in [4.78, 5) is 41.2. The van der Waals surface area contributed by atoms with Gasteiger partial charge in [-0.05, 0) is 47.6 Å². The van der Waals surface area contributed by atoms with E-state index in [9.17, 15) is 19.5 Å². The first-order valence-corrected chi connectivity index (χ1v) is 9.44. The highest BCUT2D eigenvalue weighted by Crippen LogP contribution is 2.25. The molecule has 0 saturated carbocycles. The molecule has 8 heteroatoms. The van der Waals surface area contributed by atoms with E-state index in [-0.39, 0.29) is 16.4 Å². The molecule has 0 aliphatic heterocycles. The number of ether oxygens (including phenoxy) is 1. The van der Waals surface area contributed by atoms with Gasteiger partial charge in [0.25, 0.3) is 11.5 Å². The van der Waals surface area contributed by atoms with Gasteiger partial charge in [0.1, 0.15) is 29.1 Å². The number of pyridine rings is 2. The number of carbonyl (C=O) groups excluding carboxylic acids is 2. The SMILES string of the molecule is Cn1c(=O)c(C(=O)NCC(=O)OC(C)(C)C)c(O)c2cc(C#CC(C)(C)C)cnc21. The Labute approximate surface area is 175 Å². The van der Waals surface area contributed by atoms with Crippen LogP contribution < -0.4 is 10.9 Å². The van der Waals surface area contributed by atoms with Crippen molar-refractivity contribution in [1.82, 2.24) is 14.9 Å². The average molecular weight is 413 g/mol. The van der Waals surface area contributed by atoms with Crippen LogP contribution in [0.25, 0.3) is 11.0 Å². The molecule has 0 aliphatic rings. The molecule has 0 radical (unpaired) electrons. The molecule has 0 fully saturated rings. The van der Waals surface area contributed by atoms with Crippen LogP contribution in [-0.2, 0) is 16.6 Å². The monoisotopic (exact) mass is 413 g/mol. The fourth-order valence-corrected chi connectivity index (χ4v) is 2.55. The summed E-state index contributed by atoms with van der Waals surface area (Å²) in [7, 11) is 1.45. The second kappa shape index (κ2) is 8.19. The minimum Gasteiger partial charge on any atom is -0.506 e. The van der Waals surface area contributed by atoms with Crippen LogP contribution in [0.3, 0.4) is 0 Å². The van der Waals surface area contributed by atoms with Gasteiger partial charge in [-0.1, -0.05) is 11.8 Å². The number of aromatic nitrogens is 2. The van der Waals surface area contributed by atoms with Crippen LogP contribution in [0.4, 0.5) is 0 Å². The van der Waals surface area contributed by atoms with Crippen LogP contribution in [0.15, 0.2) is 17.1 Å². The molecule has 2 rings (SSSR count). The van der Waals surface area contributed by atoms with Gasteiger partial charge in [-0.2, -0.15) is 0 Å². The van der Waals surface area contributed by atoms with E-state index in [0.29, 0.717) is 5.56 Å². The van der Waals surface area contributed by atoms with Crippen LogP contribution in [-0.4, -0.2) is 38.7 Å². The summed E-state index contributed by atoms with van der Waals surface area (Å²) in [5.41, 5.74) is -1.40. The van der Waals surface area contributed by atoms with Gasteiger partial charge in [0.2, 0.25) is 0 Å². The van der Waals surface area contributed by atoms with Gasteiger partial charge >= 0.3 is 5.97 Å². The van der Waals surface area contributed by atoms with Crippen LogP contribution in [0, 0.1) is 17.3 Å². The maximum Gasteiger partial charge on any atom is 0.325 e. The molecule has 30 heavy (non-hydrogen) atoms. The summed E-state index contributed by atoms with van der Waals surface area (Å²) in [6.45, 7) is 10.5. The zero-order valence-electron chi connectivity index (χ0n) is 18.3. The molecule has 1 amide bonds. The lowest BCUT2D eigenvalue weighted by molar-refractivity contribution is -0.153. The zero-order chi connectivity index (χ0) is 22.9. The van der Waals surface area contributed by atoms with Gasteiger partial charge in [-0.25, -0.2) is 4.98 Å². The standard InChI is InChI=1S/C22H27N3O5/c1-21(2,3)9-8-13-10-14-17(27)16(20(29)25(7)18(14)23-11-13)19(28)24-12-15(26)30-22(4,5)6/h10-11,27H,12H2,1-7H3,(H,24,28). The van der Waals surface area contributed by atoms with Crippen molar-refractivity contribution in [3.05, 3.63) is 33.7 Å². The molecule has 0 aliphatic carbocycles. The molecule has 0 bridgehead atoms. The van der Waals surface area contributed by atoms with Gasteiger partial charge in [0.05, 0.1) is 5.39 Å². The average Bonchev–Trinajstić information content (AvgIpc) is 2.61. The highest BCUT2D eigenvalue weighted by Gasteiger charge is 2.23. The Morgan fingerprint density at radius 1 is 1.23 bits per heavy atom. The summed E-state index contributed by atoms with van der Waals surface area (Å²) >= 11 is 0. The van der Waals surface area contributed by atoms with Crippen LogP contribution in [0.2, 0.25) is 0 Å². The van der Waals surface area contributed by atoms with Crippen molar-refractivity contribution >= 4 is 22.9 Å². The normalized spacial score (nSPS) is 11.6. The highest BCUT2D eigenvalue weighted by atomic mass is 16.6. The van der Waals surface area contributed by atoms with Gasteiger partial charge in [-0.3, -0.25) is 19.0 Å².